The Morgan fingerprint density at radius 1 is 1.33 bits per heavy atom. The third-order valence-corrected chi connectivity index (χ3v) is 5.68. The van der Waals surface area contributed by atoms with Crippen molar-refractivity contribution in [3.8, 4) is 11.3 Å². The highest BCUT2D eigenvalue weighted by atomic mass is 35.5. The lowest BCUT2D eigenvalue weighted by Gasteiger charge is -2.18. The SMILES string of the molecule is O=C1NC2(CCSC2)C(=O)N1Cc1ncc(-c2ccc(Cl)cc2)o1. The number of aromatic nitrogens is 1. The van der Waals surface area contributed by atoms with Crippen LogP contribution in [0.2, 0.25) is 5.02 Å². The maximum atomic E-state index is 12.6. The van der Waals surface area contributed by atoms with Gasteiger partial charge in [0.1, 0.15) is 12.1 Å². The smallest absolute Gasteiger partial charge is 0.325 e. The molecular formula is C16H14ClN3O3S. The number of hydrogen-bond donors (Lipinski definition) is 1. The topological polar surface area (TPSA) is 75.4 Å². The Kier molecular flexibility index (Phi) is 3.77. The van der Waals surface area contributed by atoms with Crippen LogP contribution in [0.4, 0.5) is 4.79 Å². The lowest BCUT2D eigenvalue weighted by Crippen LogP contribution is -2.46. The van der Waals surface area contributed by atoms with Crippen LogP contribution in [0.1, 0.15) is 12.3 Å². The number of amides is 3. The molecule has 0 radical (unpaired) electrons. The summed E-state index contributed by atoms with van der Waals surface area (Å²) in [4.78, 5) is 30.1. The normalized spacial score (nSPS) is 23.3. The number of carbonyl (C=O) groups is 2. The van der Waals surface area contributed by atoms with Crippen molar-refractivity contribution >= 4 is 35.3 Å². The van der Waals surface area contributed by atoms with Crippen molar-refractivity contribution < 1.29 is 14.0 Å². The summed E-state index contributed by atoms with van der Waals surface area (Å²) in [5, 5.41) is 3.46. The van der Waals surface area contributed by atoms with Crippen molar-refractivity contribution in [3.63, 3.8) is 0 Å². The van der Waals surface area contributed by atoms with Gasteiger partial charge in [0.2, 0.25) is 5.89 Å². The number of benzene rings is 1. The first kappa shape index (κ1) is 15.5. The molecule has 2 aliphatic heterocycles. The number of carbonyl (C=O) groups excluding carboxylic acids is 2. The summed E-state index contributed by atoms with van der Waals surface area (Å²) < 4.78 is 5.69. The predicted molar refractivity (Wildman–Crippen MR) is 90.7 cm³/mol. The first-order valence-corrected chi connectivity index (χ1v) is 9.03. The molecule has 0 aliphatic carbocycles. The van der Waals surface area contributed by atoms with Gasteiger partial charge in [-0.25, -0.2) is 9.78 Å². The van der Waals surface area contributed by atoms with Crippen LogP contribution in [-0.4, -0.2) is 38.9 Å². The highest BCUT2D eigenvalue weighted by molar-refractivity contribution is 7.99. The van der Waals surface area contributed by atoms with E-state index < -0.39 is 5.54 Å². The summed E-state index contributed by atoms with van der Waals surface area (Å²) in [6.07, 6.45) is 2.25. The zero-order valence-electron chi connectivity index (χ0n) is 12.6. The highest BCUT2D eigenvalue weighted by Crippen LogP contribution is 2.34. The fraction of sp³-hybridized carbons (Fsp3) is 0.312. The summed E-state index contributed by atoms with van der Waals surface area (Å²) in [7, 11) is 0. The number of halogens is 1. The third-order valence-electron chi connectivity index (χ3n) is 4.24. The molecule has 6 nitrogen and oxygen atoms in total. The van der Waals surface area contributed by atoms with E-state index in [-0.39, 0.29) is 18.5 Å². The van der Waals surface area contributed by atoms with Gasteiger partial charge in [-0.2, -0.15) is 11.8 Å². The van der Waals surface area contributed by atoms with E-state index in [0.717, 1.165) is 11.3 Å². The molecule has 2 aromatic rings. The molecule has 1 spiro atoms. The zero-order valence-corrected chi connectivity index (χ0v) is 14.2. The molecule has 0 bridgehead atoms. The van der Waals surface area contributed by atoms with Gasteiger partial charge in [-0.1, -0.05) is 11.6 Å². The van der Waals surface area contributed by atoms with Crippen molar-refractivity contribution in [3.05, 3.63) is 41.4 Å². The average Bonchev–Trinajstić information content (AvgIpc) is 3.27. The summed E-state index contributed by atoms with van der Waals surface area (Å²) in [5.74, 6) is 2.20. The summed E-state index contributed by atoms with van der Waals surface area (Å²) in [6.45, 7) is 0.0324. The molecule has 1 aromatic heterocycles. The molecule has 1 N–H and O–H groups in total. The van der Waals surface area contributed by atoms with E-state index in [1.54, 1.807) is 30.1 Å². The Labute approximate surface area is 147 Å². The number of rotatable bonds is 3. The van der Waals surface area contributed by atoms with Crippen molar-refractivity contribution in [1.29, 1.82) is 0 Å². The molecular weight excluding hydrogens is 350 g/mol. The Balaban J connectivity index is 1.53. The number of nitrogens with zero attached hydrogens (tertiary/aromatic N) is 2. The molecule has 24 heavy (non-hydrogen) atoms. The van der Waals surface area contributed by atoms with Gasteiger partial charge >= 0.3 is 6.03 Å². The summed E-state index contributed by atoms with van der Waals surface area (Å²) in [5.41, 5.74) is 0.0897. The molecule has 0 saturated carbocycles. The number of hydrogen-bond acceptors (Lipinski definition) is 5. The standard InChI is InChI=1S/C16H14ClN3O3S/c17-11-3-1-10(2-4-11)12-7-18-13(23-12)8-20-14(21)16(19-15(20)22)5-6-24-9-16/h1-4,7H,5-6,8-9H2,(H,19,22). The quantitative estimate of drug-likeness (QED) is 0.848. The first-order valence-electron chi connectivity index (χ1n) is 7.50. The number of thioether (sulfide) groups is 1. The maximum absolute atomic E-state index is 12.6. The second-order valence-corrected chi connectivity index (χ2v) is 7.37. The van der Waals surface area contributed by atoms with Crippen molar-refractivity contribution in [1.82, 2.24) is 15.2 Å². The van der Waals surface area contributed by atoms with Crippen LogP contribution in [0.5, 0.6) is 0 Å². The van der Waals surface area contributed by atoms with E-state index in [1.165, 1.54) is 4.90 Å². The molecule has 1 atom stereocenters. The van der Waals surface area contributed by atoms with Crippen LogP contribution < -0.4 is 5.32 Å². The van der Waals surface area contributed by atoms with Gasteiger partial charge < -0.3 is 9.73 Å². The fourth-order valence-corrected chi connectivity index (χ4v) is 4.37. The van der Waals surface area contributed by atoms with Gasteiger partial charge in [0.15, 0.2) is 5.76 Å². The van der Waals surface area contributed by atoms with E-state index in [1.807, 2.05) is 12.1 Å². The number of imide groups is 1. The molecule has 1 aromatic carbocycles. The van der Waals surface area contributed by atoms with Crippen molar-refractivity contribution in [2.24, 2.45) is 0 Å². The molecule has 2 fully saturated rings. The minimum absolute atomic E-state index is 0.0324. The van der Waals surface area contributed by atoms with E-state index in [2.05, 4.69) is 10.3 Å². The average molecular weight is 364 g/mol. The highest BCUT2D eigenvalue weighted by Gasteiger charge is 2.53. The van der Waals surface area contributed by atoms with Crippen LogP contribution in [-0.2, 0) is 11.3 Å². The van der Waals surface area contributed by atoms with E-state index in [9.17, 15) is 9.59 Å². The minimum Gasteiger partial charge on any atom is -0.439 e. The Morgan fingerprint density at radius 2 is 2.12 bits per heavy atom. The van der Waals surface area contributed by atoms with Gasteiger partial charge in [0.25, 0.3) is 5.91 Å². The Bertz CT molecular complexity index is 799. The summed E-state index contributed by atoms with van der Waals surface area (Å²) in [6, 6.07) is 6.79. The number of oxazole rings is 1. The predicted octanol–water partition coefficient (Wildman–Crippen LogP) is 2.92. The maximum Gasteiger partial charge on any atom is 0.325 e. The zero-order chi connectivity index (χ0) is 16.7. The van der Waals surface area contributed by atoms with E-state index in [4.69, 9.17) is 16.0 Å². The Morgan fingerprint density at radius 3 is 2.83 bits per heavy atom. The molecule has 1 unspecified atom stereocenters. The first-order chi connectivity index (χ1) is 11.6. The molecule has 4 rings (SSSR count). The van der Waals surface area contributed by atoms with Gasteiger partial charge in [0.05, 0.1) is 6.20 Å². The summed E-state index contributed by atoms with van der Waals surface area (Å²) >= 11 is 7.55. The van der Waals surface area contributed by atoms with Gasteiger partial charge in [-0.05, 0) is 36.4 Å². The molecule has 3 heterocycles. The van der Waals surface area contributed by atoms with Crippen LogP contribution in [0.3, 0.4) is 0 Å². The van der Waals surface area contributed by atoms with Gasteiger partial charge in [-0.15, -0.1) is 0 Å². The Hall–Kier alpha value is -1.99. The van der Waals surface area contributed by atoms with E-state index >= 15 is 0 Å². The minimum atomic E-state index is -0.743. The van der Waals surface area contributed by atoms with Crippen LogP contribution in [0.15, 0.2) is 34.9 Å². The second kappa shape index (κ2) is 5.82. The molecule has 3 amide bonds. The largest absolute Gasteiger partial charge is 0.439 e. The number of nitrogens with one attached hydrogen (secondary N) is 1. The lowest BCUT2D eigenvalue weighted by molar-refractivity contribution is -0.131. The fourth-order valence-electron chi connectivity index (χ4n) is 2.92. The van der Waals surface area contributed by atoms with Crippen LogP contribution in [0, 0.1) is 0 Å². The monoisotopic (exact) mass is 363 g/mol. The second-order valence-electron chi connectivity index (χ2n) is 5.83. The van der Waals surface area contributed by atoms with Gasteiger partial charge in [-0.3, -0.25) is 9.69 Å². The molecule has 2 aliphatic rings. The third kappa shape index (κ3) is 2.57. The van der Waals surface area contributed by atoms with Crippen LogP contribution >= 0.6 is 23.4 Å². The van der Waals surface area contributed by atoms with Gasteiger partial charge in [0, 0.05) is 16.3 Å². The molecule has 124 valence electrons. The number of urea groups is 1. The van der Waals surface area contributed by atoms with E-state index in [0.29, 0.717) is 28.8 Å². The van der Waals surface area contributed by atoms with Crippen molar-refractivity contribution in [2.75, 3.05) is 11.5 Å². The van der Waals surface area contributed by atoms with Crippen LogP contribution in [0.25, 0.3) is 11.3 Å². The molecule has 8 heteroatoms. The lowest BCUT2D eigenvalue weighted by atomic mass is 9.99. The molecule has 2 saturated heterocycles. The van der Waals surface area contributed by atoms with Crippen molar-refractivity contribution in [2.45, 2.75) is 18.5 Å².